The second-order valence-electron chi connectivity index (χ2n) is 5.56. The van der Waals surface area contributed by atoms with E-state index >= 15 is 0 Å². The maximum absolute atomic E-state index is 5.80. The van der Waals surface area contributed by atoms with Crippen LogP contribution in [-0.2, 0) is 4.74 Å². The van der Waals surface area contributed by atoms with Crippen molar-refractivity contribution in [3.8, 4) is 0 Å². The number of ether oxygens (including phenoxy) is 1. The van der Waals surface area contributed by atoms with Crippen molar-refractivity contribution >= 4 is 22.9 Å². The first-order chi connectivity index (χ1) is 10.2. The summed E-state index contributed by atoms with van der Waals surface area (Å²) in [5.74, 6) is 1.54. The molecule has 0 bridgehead atoms. The number of aromatic nitrogens is 4. The van der Waals surface area contributed by atoms with Crippen LogP contribution in [0.1, 0.15) is 27.2 Å². The molecule has 0 radical (unpaired) electrons. The van der Waals surface area contributed by atoms with Crippen LogP contribution in [0.2, 0.25) is 0 Å². The number of anilines is 2. The van der Waals surface area contributed by atoms with Gasteiger partial charge in [0.05, 0.1) is 18.5 Å². The number of nitrogens with zero attached hydrogens (tertiary/aromatic N) is 4. The lowest BCUT2D eigenvalue weighted by atomic mass is 10.2. The lowest BCUT2D eigenvalue weighted by molar-refractivity contribution is -0.00537. The first-order valence-electron chi connectivity index (χ1n) is 7.52. The van der Waals surface area contributed by atoms with E-state index in [9.17, 15) is 0 Å². The highest BCUT2D eigenvalue weighted by Gasteiger charge is 2.25. The third-order valence-corrected chi connectivity index (χ3v) is 3.52. The fraction of sp³-hybridized carbons (Fsp3) is 0.643. The van der Waals surface area contributed by atoms with Crippen LogP contribution in [0.4, 0.5) is 11.8 Å². The van der Waals surface area contributed by atoms with Crippen molar-refractivity contribution < 1.29 is 4.74 Å². The van der Waals surface area contributed by atoms with Gasteiger partial charge < -0.3 is 19.9 Å². The van der Waals surface area contributed by atoms with Crippen LogP contribution in [0.5, 0.6) is 0 Å². The summed E-state index contributed by atoms with van der Waals surface area (Å²) >= 11 is 0. The van der Waals surface area contributed by atoms with Crippen LogP contribution in [0.15, 0.2) is 6.33 Å². The highest BCUT2D eigenvalue weighted by Crippen LogP contribution is 2.25. The number of rotatable bonds is 4. The van der Waals surface area contributed by atoms with E-state index in [1.807, 2.05) is 0 Å². The average Bonchev–Trinajstić information content (AvgIpc) is 2.91. The molecule has 0 spiro atoms. The Hall–Kier alpha value is -1.89. The number of imidazole rings is 1. The summed E-state index contributed by atoms with van der Waals surface area (Å²) in [6.07, 6.45) is 3.07. The molecule has 0 aliphatic carbocycles. The molecule has 1 fully saturated rings. The van der Waals surface area contributed by atoms with Gasteiger partial charge in [0.25, 0.3) is 0 Å². The van der Waals surface area contributed by atoms with Crippen LogP contribution in [0, 0.1) is 0 Å². The van der Waals surface area contributed by atoms with E-state index in [2.05, 4.69) is 50.9 Å². The van der Waals surface area contributed by atoms with Crippen molar-refractivity contribution in [2.75, 3.05) is 29.9 Å². The molecule has 1 aliphatic rings. The minimum absolute atomic E-state index is 0.189. The number of nitrogens with one attached hydrogen (secondary N) is 2. The lowest BCUT2D eigenvalue weighted by Crippen LogP contribution is -2.46. The molecular formula is C14H22N6O. The number of H-pyrrole nitrogens is 1. The summed E-state index contributed by atoms with van der Waals surface area (Å²) in [4.78, 5) is 18.8. The molecule has 3 rings (SSSR count). The highest BCUT2D eigenvalue weighted by atomic mass is 16.5. The predicted octanol–water partition coefficient (Wildman–Crippen LogP) is 1.79. The molecule has 3 heterocycles. The summed E-state index contributed by atoms with van der Waals surface area (Å²) in [5.41, 5.74) is 1.59. The van der Waals surface area contributed by atoms with Gasteiger partial charge in [0, 0.05) is 19.6 Å². The van der Waals surface area contributed by atoms with Gasteiger partial charge in [-0.25, -0.2) is 4.98 Å². The maximum atomic E-state index is 5.80. The second kappa shape index (κ2) is 5.85. The average molecular weight is 290 g/mol. The molecular weight excluding hydrogens is 268 g/mol. The van der Waals surface area contributed by atoms with E-state index in [-0.39, 0.29) is 12.2 Å². The predicted molar refractivity (Wildman–Crippen MR) is 82.7 cm³/mol. The highest BCUT2D eigenvalue weighted by molar-refractivity contribution is 5.84. The number of hydrogen-bond donors (Lipinski definition) is 2. The number of aromatic amines is 1. The van der Waals surface area contributed by atoms with Crippen molar-refractivity contribution in [1.82, 2.24) is 19.9 Å². The SMILES string of the molecule is CCCNc1nc(N2CC(C)OC(C)C2)c2[nH]cnc2n1. The molecule has 2 unspecified atom stereocenters. The van der Waals surface area contributed by atoms with E-state index in [0.29, 0.717) is 11.6 Å². The number of morpholine rings is 1. The van der Waals surface area contributed by atoms with Gasteiger partial charge in [-0.1, -0.05) is 6.92 Å². The number of hydrogen-bond acceptors (Lipinski definition) is 6. The third-order valence-electron chi connectivity index (χ3n) is 3.52. The zero-order valence-corrected chi connectivity index (χ0v) is 12.8. The molecule has 7 heteroatoms. The topological polar surface area (TPSA) is 79.0 Å². The van der Waals surface area contributed by atoms with Gasteiger partial charge in [0.1, 0.15) is 5.52 Å². The van der Waals surface area contributed by atoms with Gasteiger partial charge in [-0.2, -0.15) is 9.97 Å². The molecule has 2 aromatic rings. The summed E-state index contributed by atoms with van der Waals surface area (Å²) in [6.45, 7) is 8.79. The van der Waals surface area contributed by atoms with Crippen molar-refractivity contribution in [3.63, 3.8) is 0 Å². The van der Waals surface area contributed by atoms with Crippen molar-refractivity contribution in [3.05, 3.63) is 6.33 Å². The summed E-state index contributed by atoms with van der Waals surface area (Å²) < 4.78 is 5.80. The van der Waals surface area contributed by atoms with Crippen LogP contribution in [0.25, 0.3) is 11.2 Å². The molecule has 1 saturated heterocycles. The van der Waals surface area contributed by atoms with E-state index in [4.69, 9.17) is 4.74 Å². The van der Waals surface area contributed by atoms with Crippen molar-refractivity contribution in [2.45, 2.75) is 39.4 Å². The fourth-order valence-electron chi connectivity index (χ4n) is 2.71. The molecule has 2 N–H and O–H groups in total. The first-order valence-corrected chi connectivity index (χ1v) is 7.52. The Morgan fingerprint density at radius 3 is 2.81 bits per heavy atom. The minimum Gasteiger partial charge on any atom is -0.372 e. The minimum atomic E-state index is 0.189. The molecule has 0 amide bonds. The van der Waals surface area contributed by atoms with Crippen LogP contribution in [0.3, 0.4) is 0 Å². The first kappa shape index (κ1) is 14.1. The quantitative estimate of drug-likeness (QED) is 0.893. The zero-order chi connectivity index (χ0) is 14.8. The largest absolute Gasteiger partial charge is 0.372 e. The standard InChI is InChI=1S/C14H22N6O/c1-4-5-15-14-18-12-11(16-8-17-12)13(19-14)20-6-9(2)21-10(3)7-20/h8-10H,4-7H2,1-3H3,(H2,15,16,17,18,19). The van der Waals surface area contributed by atoms with Gasteiger partial charge in [-0.15, -0.1) is 0 Å². The van der Waals surface area contributed by atoms with Gasteiger partial charge in [0.15, 0.2) is 11.5 Å². The summed E-state index contributed by atoms with van der Waals surface area (Å²) in [6, 6.07) is 0. The Labute approximate surface area is 124 Å². The Morgan fingerprint density at radius 1 is 1.33 bits per heavy atom. The molecule has 2 aromatic heterocycles. The lowest BCUT2D eigenvalue weighted by Gasteiger charge is -2.36. The molecule has 21 heavy (non-hydrogen) atoms. The molecule has 114 valence electrons. The van der Waals surface area contributed by atoms with Gasteiger partial charge >= 0.3 is 0 Å². The van der Waals surface area contributed by atoms with Crippen molar-refractivity contribution in [1.29, 1.82) is 0 Å². The monoisotopic (exact) mass is 290 g/mol. The van der Waals surface area contributed by atoms with E-state index < -0.39 is 0 Å². The van der Waals surface area contributed by atoms with Gasteiger partial charge in [0.2, 0.25) is 5.95 Å². The van der Waals surface area contributed by atoms with Crippen LogP contribution in [-0.4, -0.2) is 51.8 Å². The van der Waals surface area contributed by atoms with E-state index in [1.54, 1.807) is 6.33 Å². The Kier molecular flexibility index (Phi) is 3.92. The normalized spacial score (nSPS) is 22.7. The molecule has 7 nitrogen and oxygen atoms in total. The summed E-state index contributed by atoms with van der Waals surface area (Å²) in [7, 11) is 0. The molecule has 1 aliphatic heterocycles. The van der Waals surface area contributed by atoms with Crippen LogP contribution >= 0.6 is 0 Å². The molecule has 0 saturated carbocycles. The molecule has 2 atom stereocenters. The smallest absolute Gasteiger partial charge is 0.226 e. The van der Waals surface area contributed by atoms with Crippen molar-refractivity contribution in [2.24, 2.45) is 0 Å². The zero-order valence-electron chi connectivity index (χ0n) is 12.8. The Balaban J connectivity index is 1.97. The van der Waals surface area contributed by atoms with E-state index in [1.165, 1.54) is 0 Å². The fourth-order valence-corrected chi connectivity index (χ4v) is 2.71. The number of fused-ring (bicyclic) bond motifs is 1. The summed E-state index contributed by atoms with van der Waals surface area (Å²) in [5, 5.41) is 3.24. The Morgan fingerprint density at radius 2 is 2.10 bits per heavy atom. The molecule has 0 aromatic carbocycles. The second-order valence-corrected chi connectivity index (χ2v) is 5.56. The third kappa shape index (κ3) is 2.92. The van der Waals surface area contributed by atoms with Crippen LogP contribution < -0.4 is 10.2 Å². The maximum Gasteiger partial charge on any atom is 0.226 e. The van der Waals surface area contributed by atoms with E-state index in [0.717, 1.165) is 37.4 Å². The Bertz CT molecular complexity index is 603. The van der Waals surface area contributed by atoms with Gasteiger partial charge in [-0.3, -0.25) is 0 Å². The van der Waals surface area contributed by atoms with Gasteiger partial charge in [-0.05, 0) is 20.3 Å².